The SMILES string of the molecule is C=C(NCCC(C)C)c1cccn(C)c1=O.Cc1cc(C)c(-c2cc(C(F)(F)F)c(F)c(C(CC(N)=O)NC=O)c2F)c(C)c1. The maximum absolute atomic E-state index is 15.4. The first-order valence-electron chi connectivity index (χ1n) is 14.1. The second kappa shape index (κ2) is 15.5. The Hall–Kier alpha value is -4.48. The number of aryl methyl sites for hydroxylation is 4. The summed E-state index contributed by atoms with van der Waals surface area (Å²) in [5.74, 6) is -3.60. The topological polar surface area (TPSA) is 106 Å². The molecule has 2 amide bonds. The zero-order valence-corrected chi connectivity index (χ0v) is 26.2. The van der Waals surface area contributed by atoms with Crippen molar-refractivity contribution in [1.82, 2.24) is 15.2 Å². The summed E-state index contributed by atoms with van der Waals surface area (Å²) in [6.07, 6.45) is -3.06. The molecule has 0 radical (unpaired) electrons. The molecule has 0 saturated heterocycles. The lowest BCUT2D eigenvalue weighted by molar-refractivity contribution is -0.140. The van der Waals surface area contributed by atoms with Crippen molar-refractivity contribution in [2.45, 2.75) is 59.7 Å². The quantitative estimate of drug-likeness (QED) is 0.172. The van der Waals surface area contributed by atoms with Crippen LogP contribution in [0.2, 0.25) is 0 Å². The Balaban J connectivity index is 0.000000372. The van der Waals surface area contributed by atoms with E-state index < -0.39 is 52.9 Å². The molecule has 3 rings (SSSR count). The highest BCUT2D eigenvalue weighted by molar-refractivity contribution is 5.77. The van der Waals surface area contributed by atoms with E-state index in [1.165, 1.54) is 0 Å². The van der Waals surface area contributed by atoms with Crippen molar-refractivity contribution in [3.8, 4) is 11.1 Å². The summed E-state index contributed by atoms with van der Waals surface area (Å²) in [6.45, 7) is 14.1. The van der Waals surface area contributed by atoms with Gasteiger partial charge in [0.25, 0.3) is 5.56 Å². The second-order valence-corrected chi connectivity index (χ2v) is 11.2. The van der Waals surface area contributed by atoms with Crippen molar-refractivity contribution >= 4 is 18.0 Å². The zero-order chi connectivity index (χ0) is 34.2. The van der Waals surface area contributed by atoms with Crippen molar-refractivity contribution in [1.29, 1.82) is 0 Å². The van der Waals surface area contributed by atoms with Crippen molar-refractivity contribution in [2.24, 2.45) is 18.7 Å². The third-order valence-corrected chi connectivity index (χ3v) is 7.02. The molecule has 0 aliphatic rings. The molecular formula is C33H39F5N4O3. The maximum atomic E-state index is 15.4. The number of carbonyl (C=O) groups excluding carboxylic acids is 2. The summed E-state index contributed by atoms with van der Waals surface area (Å²) in [7, 11) is 1.74. The summed E-state index contributed by atoms with van der Waals surface area (Å²) in [5, 5.41) is 5.17. The zero-order valence-electron chi connectivity index (χ0n) is 26.2. The van der Waals surface area contributed by atoms with E-state index in [2.05, 4.69) is 25.7 Å². The molecule has 7 nitrogen and oxygen atoms in total. The van der Waals surface area contributed by atoms with E-state index in [1.54, 1.807) is 56.8 Å². The van der Waals surface area contributed by atoms with E-state index in [4.69, 9.17) is 5.73 Å². The highest BCUT2D eigenvalue weighted by atomic mass is 19.4. The summed E-state index contributed by atoms with van der Waals surface area (Å²) in [5.41, 5.74) is 5.09. The Morgan fingerprint density at radius 3 is 2.20 bits per heavy atom. The van der Waals surface area contributed by atoms with Crippen LogP contribution in [0.4, 0.5) is 22.0 Å². The second-order valence-electron chi connectivity index (χ2n) is 11.2. The Morgan fingerprint density at radius 1 is 1.09 bits per heavy atom. The van der Waals surface area contributed by atoms with Crippen LogP contribution >= 0.6 is 0 Å². The number of aromatic nitrogens is 1. The molecule has 0 saturated carbocycles. The highest BCUT2D eigenvalue weighted by Crippen LogP contribution is 2.41. The van der Waals surface area contributed by atoms with Crippen LogP contribution in [-0.2, 0) is 22.8 Å². The molecule has 0 aliphatic heterocycles. The molecule has 1 heterocycles. The Morgan fingerprint density at radius 2 is 1.69 bits per heavy atom. The number of halogens is 5. The van der Waals surface area contributed by atoms with Crippen LogP contribution in [0, 0.1) is 38.3 Å². The van der Waals surface area contributed by atoms with Crippen LogP contribution < -0.4 is 21.9 Å². The van der Waals surface area contributed by atoms with Gasteiger partial charge in [-0.1, -0.05) is 38.1 Å². The summed E-state index contributed by atoms with van der Waals surface area (Å²) < 4.78 is 72.1. The average molecular weight is 635 g/mol. The number of nitrogens with one attached hydrogen (secondary N) is 2. The number of rotatable bonds is 11. The van der Waals surface area contributed by atoms with E-state index in [9.17, 15) is 31.9 Å². The molecule has 0 spiro atoms. The number of benzene rings is 2. The van der Waals surface area contributed by atoms with Gasteiger partial charge in [-0.15, -0.1) is 0 Å². The number of nitrogens with two attached hydrogens (primary N) is 1. The maximum Gasteiger partial charge on any atom is 0.419 e. The van der Waals surface area contributed by atoms with Crippen molar-refractivity contribution in [2.75, 3.05) is 6.54 Å². The van der Waals surface area contributed by atoms with Gasteiger partial charge in [-0.2, -0.15) is 13.2 Å². The van der Waals surface area contributed by atoms with Crippen molar-refractivity contribution in [3.05, 3.63) is 98.5 Å². The van der Waals surface area contributed by atoms with Crippen LogP contribution in [0.15, 0.2) is 47.9 Å². The Kier molecular flexibility index (Phi) is 12.6. The van der Waals surface area contributed by atoms with Gasteiger partial charge in [-0.3, -0.25) is 14.4 Å². The standard InChI is InChI=1S/C20H19F5N2O2.C13H20N2O/c1-9-4-10(2)16(11(3)5-9)12-6-13(20(23,24)25)19(22)17(18(12)21)14(27-8-28)7-15(26)29;1-10(2)7-8-14-11(3)12-6-5-9-15(4)13(12)16/h4-6,8,14H,7H2,1-3H3,(H2,26,29)(H,27,28);5-6,9-10,14H,3,7-8H2,1-2,4H3. The fraction of sp³-hybridized carbons (Fsp3) is 0.364. The van der Waals surface area contributed by atoms with Gasteiger partial charge in [0.05, 0.1) is 23.6 Å². The van der Waals surface area contributed by atoms with Gasteiger partial charge in [0, 0.05) is 36.6 Å². The summed E-state index contributed by atoms with van der Waals surface area (Å²) >= 11 is 0. The number of hydrogen-bond acceptors (Lipinski definition) is 4. The first kappa shape index (κ1) is 36.7. The lowest BCUT2D eigenvalue weighted by Crippen LogP contribution is -2.28. The number of alkyl halides is 3. The molecule has 12 heteroatoms. The van der Waals surface area contributed by atoms with Gasteiger partial charge in [0.15, 0.2) is 0 Å². The lowest BCUT2D eigenvalue weighted by Gasteiger charge is -2.22. The van der Waals surface area contributed by atoms with Gasteiger partial charge in [-0.25, -0.2) is 8.78 Å². The minimum Gasteiger partial charge on any atom is -0.385 e. The lowest BCUT2D eigenvalue weighted by atomic mass is 9.88. The molecule has 4 N–H and O–H groups in total. The Bertz CT molecular complexity index is 1590. The number of primary amides is 1. The minimum absolute atomic E-state index is 0.00968. The third kappa shape index (κ3) is 9.50. The van der Waals surface area contributed by atoms with Gasteiger partial charge in [0.2, 0.25) is 12.3 Å². The minimum atomic E-state index is -5.13. The number of pyridine rings is 1. The molecule has 2 aromatic carbocycles. The molecule has 244 valence electrons. The molecular weight excluding hydrogens is 595 g/mol. The third-order valence-electron chi connectivity index (χ3n) is 7.02. The van der Waals surface area contributed by atoms with Crippen molar-refractivity contribution < 1.29 is 31.5 Å². The molecule has 0 bridgehead atoms. The number of hydrogen-bond donors (Lipinski definition) is 3. The predicted octanol–water partition coefficient (Wildman–Crippen LogP) is 6.23. The van der Waals surface area contributed by atoms with Crippen LogP contribution in [0.1, 0.15) is 66.1 Å². The summed E-state index contributed by atoms with van der Waals surface area (Å²) in [6, 6.07) is 5.67. The van der Waals surface area contributed by atoms with E-state index >= 15 is 4.39 Å². The number of amides is 2. The van der Waals surface area contributed by atoms with Crippen molar-refractivity contribution in [3.63, 3.8) is 0 Å². The normalized spacial score (nSPS) is 11.8. The predicted molar refractivity (Wildman–Crippen MR) is 165 cm³/mol. The molecule has 0 fully saturated rings. The fourth-order valence-electron chi connectivity index (χ4n) is 4.92. The first-order valence-corrected chi connectivity index (χ1v) is 14.1. The molecule has 1 unspecified atom stereocenters. The number of carbonyl (C=O) groups is 2. The van der Waals surface area contributed by atoms with E-state index in [0.717, 1.165) is 18.5 Å². The average Bonchev–Trinajstić information content (AvgIpc) is 2.90. The van der Waals surface area contributed by atoms with Crippen LogP contribution in [0.25, 0.3) is 16.8 Å². The van der Waals surface area contributed by atoms with Crippen LogP contribution in [0.3, 0.4) is 0 Å². The fourth-order valence-corrected chi connectivity index (χ4v) is 4.92. The molecule has 1 atom stereocenters. The van der Waals surface area contributed by atoms with E-state index in [-0.39, 0.29) is 17.5 Å². The molecule has 0 aliphatic carbocycles. The van der Waals surface area contributed by atoms with Crippen LogP contribution in [0.5, 0.6) is 0 Å². The van der Waals surface area contributed by atoms with Gasteiger partial charge in [0.1, 0.15) is 11.6 Å². The first-order chi connectivity index (χ1) is 20.9. The smallest absolute Gasteiger partial charge is 0.385 e. The molecule has 45 heavy (non-hydrogen) atoms. The summed E-state index contributed by atoms with van der Waals surface area (Å²) in [4.78, 5) is 33.9. The van der Waals surface area contributed by atoms with E-state index in [0.29, 0.717) is 34.4 Å². The molecule has 1 aromatic heterocycles. The van der Waals surface area contributed by atoms with Crippen LogP contribution in [-0.4, -0.2) is 23.4 Å². The van der Waals surface area contributed by atoms with Gasteiger partial charge >= 0.3 is 6.18 Å². The Labute approximate surface area is 259 Å². The van der Waals surface area contributed by atoms with Gasteiger partial charge < -0.3 is 20.9 Å². The molecule has 3 aromatic rings. The van der Waals surface area contributed by atoms with E-state index in [1.807, 2.05) is 11.4 Å². The monoisotopic (exact) mass is 634 g/mol. The van der Waals surface area contributed by atoms with Gasteiger partial charge in [-0.05, 0) is 68.0 Å². The number of nitrogens with zero attached hydrogens (tertiary/aromatic N) is 1. The largest absolute Gasteiger partial charge is 0.419 e. The highest BCUT2D eigenvalue weighted by Gasteiger charge is 2.39.